The van der Waals surface area contributed by atoms with E-state index in [2.05, 4.69) is 91.6 Å². The van der Waals surface area contributed by atoms with E-state index in [9.17, 15) is 5.11 Å². The van der Waals surface area contributed by atoms with Gasteiger partial charge in [-0.05, 0) is 45.6 Å². The first kappa shape index (κ1) is 21.2. The molecule has 0 radical (unpaired) electrons. The topological polar surface area (TPSA) is 32.6 Å². The van der Waals surface area contributed by atoms with Gasteiger partial charge in [-0.15, -0.1) is 0 Å². The molecule has 0 saturated carbocycles. The molecule has 2 aromatic carbocycles. The molecule has 0 aromatic heterocycles. The lowest BCUT2D eigenvalue weighted by molar-refractivity contribution is 0.444. The van der Waals surface area contributed by atoms with Crippen LogP contribution in [0.5, 0.6) is 5.75 Å². The molecule has 0 bridgehead atoms. The average Bonchev–Trinajstić information content (AvgIpc) is 2.51. The molecular formula is C25H35NO. The van der Waals surface area contributed by atoms with Crippen LogP contribution in [-0.2, 0) is 16.2 Å². The van der Waals surface area contributed by atoms with Crippen molar-refractivity contribution >= 4 is 11.9 Å². The van der Waals surface area contributed by atoms with Gasteiger partial charge < -0.3 is 5.11 Å². The van der Waals surface area contributed by atoms with Gasteiger partial charge in [-0.2, -0.15) is 0 Å². The number of hydrogen-bond donors (Lipinski definition) is 1. The van der Waals surface area contributed by atoms with Crippen molar-refractivity contribution in [2.24, 2.45) is 4.99 Å². The van der Waals surface area contributed by atoms with Gasteiger partial charge in [-0.25, -0.2) is 0 Å². The number of aromatic hydroxyl groups is 1. The van der Waals surface area contributed by atoms with E-state index in [4.69, 9.17) is 0 Å². The van der Waals surface area contributed by atoms with Crippen LogP contribution in [-0.4, -0.2) is 11.3 Å². The van der Waals surface area contributed by atoms with Crippen molar-refractivity contribution < 1.29 is 5.11 Å². The van der Waals surface area contributed by atoms with Crippen molar-refractivity contribution in [3.8, 4) is 5.75 Å². The Morgan fingerprint density at radius 2 is 1.22 bits per heavy atom. The molecule has 0 aliphatic carbocycles. The second-order valence-electron chi connectivity index (χ2n) is 10.5. The second-order valence-corrected chi connectivity index (χ2v) is 10.5. The predicted molar refractivity (Wildman–Crippen MR) is 118 cm³/mol. The highest BCUT2D eigenvalue weighted by molar-refractivity contribution is 5.86. The minimum Gasteiger partial charge on any atom is -0.507 e. The van der Waals surface area contributed by atoms with Crippen molar-refractivity contribution in [1.29, 1.82) is 0 Å². The van der Waals surface area contributed by atoms with Gasteiger partial charge >= 0.3 is 0 Å². The Labute approximate surface area is 165 Å². The van der Waals surface area contributed by atoms with E-state index in [-0.39, 0.29) is 16.2 Å². The zero-order valence-electron chi connectivity index (χ0n) is 18.4. The summed E-state index contributed by atoms with van der Waals surface area (Å²) in [4.78, 5) is 4.62. The van der Waals surface area contributed by atoms with Crippen LogP contribution in [0.1, 0.15) is 84.6 Å². The number of benzene rings is 2. The molecular weight excluding hydrogens is 330 g/mol. The predicted octanol–water partition coefficient (Wildman–Crippen LogP) is 7.04. The summed E-state index contributed by atoms with van der Waals surface area (Å²) in [5, 5.41) is 10.9. The SMILES string of the molecule is CC(C)(C)c1ccc(N=Cc2cc(C(C)(C)C)cc(C(C)(C)C)c2O)cc1. The normalized spacial score (nSPS) is 13.4. The number of phenolic OH excluding ortho intramolecular Hbond substituents is 1. The van der Waals surface area contributed by atoms with Crippen molar-refractivity contribution in [2.75, 3.05) is 0 Å². The Balaban J connectivity index is 2.47. The number of aliphatic imine (C=N–C) groups is 1. The highest BCUT2D eigenvalue weighted by Crippen LogP contribution is 2.37. The highest BCUT2D eigenvalue weighted by atomic mass is 16.3. The molecule has 0 heterocycles. The summed E-state index contributed by atoms with van der Waals surface area (Å²) >= 11 is 0. The van der Waals surface area contributed by atoms with Crippen molar-refractivity contribution in [3.05, 3.63) is 58.7 Å². The van der Waals surface area contributed by atoms with Crippen molar-refractivity contribution in [2.45, 2.75) is 78.6 Å². The number of nitrogens with zero attached hydrogens (tertiary/aromatic N) is 1. The van der Waals surface area contributed by atoms with Crippen LogP contribution < -0.4 is 0 Å². The lowest BCUT2D eigenvalue weighted by atomic mass is 9.79. The molecule has 1 N–H and O–H groups in total. The smallest absolute Gasteiger partial charge is 0.128 e. The molecule has 0 aliphatic heterocycles. The monoisotopic (exact) mass is 365 g/mol. The van der Waals surface area contributed by atoms with Crippen LogP contribution in [0, 0.1) is 0 Å². The van der Waals surface area contributed by atoms with Crippen molar-refractivity contribution in [3.63, 3.8) is 0 Å². The summed E-state index contributed by atoms with van der Waals surface area (Å²) in [5.41, 5.74) is 5.10. The zero-order valence-corrected chi connectivity index (χ0v) is 18.4. The van der Waals surface area contributed by atoms with Crippen LogP contribution in [0.4, 0.5) is 5.69 Å². The molecule has 0 unspecified atom stereocenters. The third kappa shape index (κ3) is 5.22. The highest BCUT2D eigenvalue weighted by Gasteiger charge is 2.24. The quantitative estimate of drug-likeness (QED) is 0.569. The Morgan fingerprint density at radius 3 is 1.67 bits per heavy atom. The van der Waals surface area contributed by atoms with Gasteiger partial charge in [0.15, 0.2) is 0 Å². The van der Waals surface area contributed by atoms with Gasteiger partial charge in [0.05, 0.1) is 5.69 Å². The summed E-state index contributed by atoms with van der Waals surface area (Å²) in [6, 6.07) is 12.5. The summed E-state index contributed by atoms with van der Waals surface area (Å²) in [6.45, 7) is 19.6. The van der Waals surface area contributed by atoms with E-state index in [1.807, 2.05) is 12.1 Å². The lowest BCUT2D eigenvalue weighted by Crippen LogP contribution is -2.17. The van der Waals surface area contributed by atoms with Crippen LogP contribution in [0.25, 0.3) is 0 Å². The molecule has 2 aromatic rings. The fraction of sp³-hybridized carbons (Fsp3) is 0.480. The van der Waals surface area contributed by atoms with Crippen LogP contribution in [0.3, 0.4) is 0 Å². The summed E-state index contributed by atoms with van der Waals surface area (Å²) in [7, 11) is 0. The first-order valence-electron chi connectivity index (χ1n) is 9.72. The molecule has 0 aliphatic rings. The number of phenols is 1. The number of hydrogen-bond acceptors (Lipinski definition) is 2. The van der Waals surface area contributed by atoms with E-state index in [0.717, 1.165) is 16.8 Å². The van der Waals surface area contributed by atoms with E-state index in [0.29, 0.717) is 5.75 Å². The molecule has 0 atom stereocenters. The molecule has 27 heavy (non-hydrogen) atoms. The van der Waals surface area contributed by atoms with Gasteiger partial charge in [-0.3, -0.25) is 4.99 Å². The number of rotatable bonds is 2. The molecule has 146 valence electrons. The Bertz CT molecular complexity index is 823. The minimum atomic E-state index is -0.137. The fourth-order valence-electron chi connectivity index (χ4n) is 2.95. The first-order valence-corrected chi connectivity index (χ1v) is 9.72. The third-order valence-electron chi connectivity index (χ3n) is 4.90. The van der Waals surface area contributed by atoms with E-state index in [1.165, 1.54) is 11.1 Å². The Morgan fingerprint density at radius 1 is 0.704 bits per heavy atom. The molecule has 0 spiro atoms. The molecule has 0 amide bonds. The average molecular weight is 366 g/mol. The lowest BCUT2D eigenvalue weighted by Gasteiger charge is -2.27. The van der Waals surface area contributed by atoms with Crippen LogP contribution in [0.15, 0.2) is 41.4 Å². The maximum atomic E-state index is 10.9. The summed E-state index contributed by atoms with van der Waals surface area (Å²) < 4.78 is 0. The third-order valence-corrected chi connectivity index (χ3v) is 4.90. The minimum absolute atomic E-state index is 0.00461. The maximum absolute atomic E-state index is 10.9. The molecule has 0 fully saturated rings. The van der Waals surface area contributed by atoms with Crippen LogP contribution in [0.2, 0.25) is 0 Å². The molecule has 2 rings (SSSR count). The standard InChI is InChI=1S/C25H35NO/c1-23(2,3)18-10-12-20(13-11-18)26-16-17-14-19(24(4,5)6)15-21(22(17)27)25(7,8)9/h10-16,27H,1-9H3. The molecule has 2 heteroatoms. The maximum Gasteiger partial charge on any atom is 0.128 e. The zero-order chi connectivity index (χ0) is 20.6. The van der Waals surface area contributed by atoms with Gasteiger partial charge in [0.1, 0.15) is 5.75 Å². The fourth-order valence-corrected chi connectivity index (χ4v) is 2.95. The van der Waals surface area contributed by atoms with Crippen molar-refractivity contribution in [1.82, 2.24) is 0 Å². The van der Waals surface area contributed by atoms with Gasteiger partial charge in [-0.1, -0.05) is 80.5 Å². The van der Waals surface area contributed by atoms with E-state index < -0.39 is 0 Å². The van der Waals surface area contributed by atoms with Gasteiger partial charge in [0.2, 0.25) is 0 Å². The molecule has 0 saturated heterocycles. The van der Waals surface area contributed by atoms with Gasteiger partial charge in [0, 0.05) is 17.3 Å². The van der Waals surface area contributed by atoms with E-state index in [1.54, 1.807) is 6.21 Å². The second kappa shape index (κ2) is 7.14. The largest absolute Gasteiger partial charge is 0.507 e. The molecule has 2 nitrogen and oxygen atoms in total. The van der Waals surface area contributed by atoms with E-state index >= 15 is 0 Å². The van der Waals surface area contributed by atoms with Gasteiger partial charge in [0.25, 0.3) is 0 Å². The van der Waals surface area contributed by atoms with Crippen LogP contribution >= 0.6 is 0 Å². The Hall–Kier alpha value is -2.09. The summed E-state index contributed by atoms with van der Waals surface area (Å²) in [5.74, 6) is 0.325. The summed E-state index contributed by atoms with van der Waals surface area (Å²) in [6.07, 6.45) is 1.78. The first-order chi connectivity index (χ1) is 12.2. The Kier molecular flexibility index (Phi) is 5.61.